The van der Waals surface area contributed by atoms with Gasteiger partial charge in [-0.25, -0.2) is 12.7 Å². The van der Waals surface area contributed by atoms with Gasteiger partial charge in [-0.05, 0) is 50.2 Å². The molecule has 190 valence electrons. The average molecular weight is 499 g/mol. The Labute approximate surface area is 210 Å². The zero-order valence-electron chi connectivity index (χ0n) is 20.9. The van der Waals surface area contributed by atoms with Crippen LogP contribution in [0.3, 0.4) is 0 Å². The minimum Gasteiger partial charge on any atom is -0.487 e. The molecule has 35 heavy (non-hydrogen) atoms. The van der Waals surface area contributed by atoms with Crippen LogP contribution >= 0.6 is 0 Å². The number of amides is 1. The maximum atomic E-state index is 13.2. The number of hydrogen-bond donors (Lipinski definition) is 1. The number of aryl methyl sites for hydroxylation is 1. The molecule has 2 aliphatic heterocycles. The topological polar surface area (TPSA) is 75.7 Å². The van der Waals surface area contributed by atoms with Gasteiger partial charge in [0.15, 0.2) is 0 Å². The fourth-order valence-corrected chi connectivity index (χ4v) is 6.88. The number of hydrogen-bond acceptors (Lipinski definition) is 4. The van der Waals surface area contributed by atoms with Crippen molar-refractivity contribution in [1.29, 1.82) is 0 Å². The molecule has 1 N–H and O–H groups in total. The Morgan fingerprint density at radius 2 is 1.69 bits per heavy atom. The van der Waals surface area contributed by atoms with Crippen molar-refractivity contribution in [1.82, 2.24) is 9.62 Å². The number of nitrogens with zero attached hydrogens (tertiary/aromatic N) is 1. The largest absolute Gasteiger partial charge is 0.487 e. The standard InChI is InChI=1S/C28H38N2O4S/c1-3-28(4-2)21-25(24-14-8-9-15-26(24)34-28)29-27(31)23-16-18-30(19-17-23)35(32,33)20-10-13-22-11-6-5-7-12-22/h5-9,11-12,14-15,23,25H,3-4,10,13,16-21H2,1-2H3,(H,29,31)/t25-/m1/s1. The highest BCUT2D eigenvalue weighted by Gasteiger charge is 2.40. The van der Waals surface area contributed by atoms with Crippen LogP contribution in [0.25, 0.3) is 0 Å². The van der Waals surface area contributed by atoms with Crippen molar-refractivity contribution in [3.63, 3.8) is 0 Å². The van der Waals surface area contributed by atoms with Crippen molar-refractivity contribution in [3.8, 4) is 5.75 Å². The summed E-state index contributed by atoms with van der Waals surface area (Å²) in [4.78, 5) is 13.2. The van der Waals surface area contributed by atoms with Crippen LogP contribution in [0.4, 0.5) is 0 Å². The van der Waals surface area contributed by atoms with Crippen molar-refractivity contribution in [2.75, 3.05) is 18.8 Å². The number of sulfonamides is 1. The predicted molar refractivity (Wildman–Crippen MR) is 139 cm³/mol. The van der Waals surface area contributed by atoms with E-state index >= 15 is 0 Å². The molecule has 0 aliphatic carbocycles. The summed E-state index contributed by atoms with van der Waals surface area (Å²) in [5.74, 6) is 0.852. The molecule has 0 radical (unpaired) electrons. The zero-order chi connectivity index (χ0) is 24.9. The molecule has 1 atom stereocenters. The highest BCUT2D eigenvalue weighted by molar-refractivity contribution is 7.89. The number of nitrogens with one attached hydrogen (secondary N) is 1. The summed E-state index contributed by atoms with van der Waals surface area (Å²) in [6.45, 7) is 5.08. The van der Waals surface area contributed by atoms with E-state index in [1.807, 2.05) is 54.6 Å². The van der Waals surface area contributed by atoms with E-state index in [0.29, 0.717) is 32.4 Å². The summed E-state index contributed by atoms with van der Waals surface area (Å²) < 4.78 is 33.6. The van der Waals surface area contributed by atoms with E-state index in [4.69, 9.17) is 4.74 Å². The lowest BCUT2D eigenvalue weighted by atomic mass is 9.83. The van der Waals surface area contributed by atoms with Gasteiger partial charge in [0.1, 0.15) is 11.4 Å². The first-order chi connectivity index (χ1) is 16.9. The molecule has 7 heteroatoms. The molecule has 1 fully saturated rings. The molecule has 4 rings (SSSR count). The molecule has 0 unspecified atom stereocenters. The highest BCUT2D eigenvalue weighted by atomic mass is 32.2. The highest BCUT2D eigenvalue weighted by Crippen LogP contribution is 2.42. The molecule has 0 spiro atoms. The van der Waals surface area contributed by atoms with E-state index in [1.165, 1.54) is 0 Å². The Hall–Kier alpha value is -2.38. The second-order valence-corrected chi connectivity index (χ2v) is 12.0. The van der Waals surface area contributed by atoms with Crippen molar-refractivity contribution in [2.45, 2.75) is 70.4 Å². The average Bonchev–Trinajstić information content (AvgIpc) is 2.89. The van der Waals surface area contributed by atoms with Crippen LogP contribution in [0.2, 0.25) is 0 Å². The van der Waals surface area contributed by atoms with Gasteiger partial charge in [0.2, 0.25) is 15.9 Å². The summed E-state index contributed by atoms with van der Waals surface area (Å²) in [7, 11) is -3.31. The van der Waals surface area contributed by atoms with Crippen molar-refractivity contribution in [2.24, 2.45) is 5.92 Å². The monoisotopic (exact) mass is 498 g/mol. The second kappa shape index (κ2) is 11.1. The van der Waals surface area contributed by atoms with E-state index in [1.54, 1.807) is 4.31 Å². The van der Waals surface area contributed by atoms with Crippen LogP contribution in [0.5, 0.6) is 5.75 Å². The summed E-state index contributed by atoms with van der Waals surface area (Å²) in [6.07, 6.45) is 4.98. The lowest BCUT2D eigenvalue weighted by Crippen LogP contribution is -2.47. The van der Waals surface area contributed by atoms with Gasteiger partial charge in [-0.3, -0.25) is 4.79 Å². The predicted octanol–water partition coefficient (Wildman–Crippen LogP) is 4.86. The summed E-state index contributed by atoms with van der Waals surface area (Å²) >= 11 is 0. The van der Waals surface area contributed by atoms with E-state index < -0.39 is 10.0 Å². The van der Waals surface area contributed by atoms with Crippen LogP contribution in [0, 0.1) is 5.92 Å². The van der Waals surface area contributed by atoms with Gasteiger partial charge in [-0.1, -0.05) is 62.4 Å². The molecule has 0 saturated carbocycles. The van der Waals surface area contributed by atoms with Crippen LogP contribution < -0.4 is 10.1 Å². The summed E-state index contributed by atoms with van der Waals surface area (Å²) in [5.41, 5.74) is 1.91. The Bertz CT molecular complexity index is 1090. The normalized spacial score (nSPS) is 20.6. The summed E-state index contributed by atoms with van der Waals surface area (Å²) in [5, 5.41) is 3.29. The number of piperidine rings is 1. The van der Waals surface area contributed by atoms with Gasteiger partial charge in [0.25, 0.3) is 0 Å². The Balaban J connectivity index is 1.32. The maximum absolute atomic E-state index is 13.2. The Morgan fingerprint density at radius 3 is 2.37 bits per heavy atom. The van der Waals surface area contributed by atoms with Crippen LogP contribution in [0.1, 0.15) is 69.5 Å². The molecule has 2 aromatic carbocycles. The maximum Gasteiger partial charge on any atom is 0.223 e. The minimum absolute atomic E-state index is 0.0222. The first-order valence-electron chi connectivity index (χ1n) is 13.0. The summed E-state index contributed by atoms with van der Waals surface area (Å²) in [6, 6.07) is 17.8. The fourth-order valence-electron chi connectivity index (χ4n) is 5.35. The molecule has 6 nitrogen and oxygen atoms in total. The minimum atomic E-state index is -3.31. The van der Waals surface area contributed by atoms with Crippen LogP contribution in [-0.4, -0.2) is 43.1 Å². The number of ether oxygens (including phenoxy) is 1. The number of para-hydroxylation sites is 1. The van der Waals surface area contributed by atoms with Gasteiger partial charge >= 0.3 is 0 Å². The first kappa shape index (κ1) is 25.7. The third kappa shape index (κ3) is 6.07. The number of fused-ring (bicyclic) bond motifs is 1. The van der Waals surface area contributed by atoms with Gasteiger partial charge in [0.05, 0.1) is 11.8 Å². The number of rotatable bonds is 9. The fraction of sp³-hybridized carbons (Fsp3) is 0.536. The lowest BCUT2D eigenvalue weighted by Gasteiger charge is -2.42. The van der Waals surface area contributed by atoms with E-state index in [9.17, 15) is 13.2 Å². The molecule has 0 aromatic heterocycles. The van der Waals surface area contributed by atoms with Crippen LogP contribution in [-0.2, 0) is 21.2 Å². The van der Waals surface area contributed by atoms with Gasteiger partial charge in [0, 0.05) is 31.0 Å². The molecular formula is C28H38N2O4S. The van der Waals surface area contributed by atoms with Crippen molar-refractivity contribution >= 4 is 15.9 Å². The van der Waals surface area contributed by atoms with E-state index in [2.05, 4.69) is 19.2 Å². The first-order valence-corrected chi connectivity index (χ1v) is 14.6. The Kier molecular flexibility index (Phi) is 8.17. The molecule has 1 amide bonds. The van der Waals surface area contributed by atoms with Crippen molar-refractivity contribution in [3.05, 3.63) is 65.7 Å². The van der Waals surface area contributed by atoms with Crippen molar-refractivity contribution < 1.29 is 17.9 Å². The molecular weight excluding hydrogens is 460 g/mol. The molecule has 2 aliphatic rings. The SMILES string of the molecule is CCC1(CC)C[C@@H](NC(=O)C2CCN(S(=O)(=O)CCCc3ccccc3)CC2)c2ccccc2O1. The quantitative estimate of drug-likeness (QED) is 0.536. The van der Waals surface area contributed by atoms with E-state index in [-0.39, 0.29) is 29.2 Å². The zero-order valence-corrected chi connectivity index (χ0v) is 21.7. The van der Waals surface area contributed by atoms with Gasteiger partial charge in [-0.2, -0.15) is 0 Å². The lowest BCUT2D eigenvalue weighted by molar-refractivity contribution is -0.127. The third-order valence-electron chi connectivity index (χ3n) is 7.73. The van der Waals surface area contributed by atoms with Gasteiger partial charge < -0.3 is 10.1 Å². The number of carbonyl (C=O) groups excluding carboxylic acids is 1. The van der Waals surface area contributed by atoms with Gasteiger partial charge in [-0.15, -0.1) is 0 Å². The molecule has 2 heterocycles. The molecule has 1 saturated heterocycles. The smallest absolute Gasteiger partial charge is 0.223 e. The Morgan fingerprint density at radius 1 is 1.03 bits per heavy atom. The van der Waals surface area contributed by atoms with E-state index in [0.717, 1.165) is 42.6 Å². The second-order valence-electron chi connectivity index (χ2n) is 9.87. The van der Waals surface area contributed by atoms with Crippen LogP contribution in [0.15, 0.2) is 54.6 Å². The third-order valence-corrected chi connectivity index (χ3v) is 9.69. The molecule has 2 aromatic rings. The number of carbonyl (C=O) groups is 1. The number of benzene rings is 2. The molecule has 0 bridgehead atoms.